The van der Waals surface area contributed by atoms with Crippen LogP contribution in [0, 0.1) is 23.7 Å². The van der Waals surface area contributed by atoms with Crippen molar-refractivity contribution in [2.24, 2.45) is 23.7 Å². The number of thioether (sulfide) groups is 1. The maximum Gasteiger partial charge on any atom is 0.311 e. The van der Waals surface area contributed by atoms with E-state index in [2.05, 4.69) is 16.8 Å². The summed E-state index contributed by atoms with van der Waals surface area (Å²) in [5, 5.41) is 46.8. The van der Waals surface area contributed by atoms with E-state index < -0.39 is 132 Å². The molecular weight excluding hydrogens is 939 g/mol. The highest BCUT2D eigenvalue weighted by molar-refractivity contribution is 8.22. The van der Waals surface area contributed by atoms with E-state index >= 15 is 0 Å². The monoisotopic (exact) mass is 1020 g/mol. The van der Waals surface area contributed by atoms with Gasteiger partial charge in [0.05, 0.1) is 85.7 Å². The first-order chi connectivity index (χ1) is 31.9. The minimum Gasteiger partial charge on any atom is -0.466 e. The third-order valence-electron chi connectivity index (χ3n) is 14.1. The fourth-order valence-electron chi connectivity index (χ4n) is 9.91. The largest absolute Gasteiger partial charge is 0.466 e. The smallest absolute Gasteiger partial charge is 0.311 e. The van der Waals surface area contributed by atoms with E-state index in [1.165, 1.54) is 27.9 Å². The van der Waals surface area contributed by atoms with Crippen LogP contribution in [0.5, 0.6) is 0 Å². The van der Waals surface area contributed by atoms with Gasteiger partial charge in [-0.2, -0.15) is 0 Å². The Bertz CT molecular complexity index is 1710. The minimum absolute atomic E-state index is 0.0431. The molecule has 4 N–H and O–H groups in total. The molecule has 0 saturated carbocycles. The number of methoxy groups -OCH3 is 1. The number of aliphatic hydroxyl groups is 4. The standard InChI is InChI=1S/C43H75NO16.C5H10N2S2/c1-15-29-43(11,52)36(48)24(5)33(47)22(3)20-41(9,51)38(25(6)34(26(7)39(50)57-29)59-32-21-42(10,53-14)37(49)27(8)56-32)60-40-35(28(44(12)13)19-23(4)55-40)58-31(46)18-17-30(45)54-16-2;1-6-3-7(2)5(8)9-4-6/h22-29,32,34-38,40,48-49,51-52H,15-21H2,1-14H3;3-4H2,1-2H3/t22-,23-,24+,25+,26-,27+,28+,29-,32+,34+,35-,36-,37+,38-,40+,41-,42-,43-;/m1./s1. The number of nitrogens with zero attached hydrogens (tertiary/aromatic N) is 3. The lowest BCUT2D eigenvalue weighted by Crippen LogP contribution is -2.61. The first-order valence-corrected chi connectivity index (χ1v) is 25.6. The van der Waals surface area contributed by atoms with Crippen molar-refractivity contribution in [3.8, 4) is 0 Å². The molecule has 0 amide bonds. The average molecular weight is 1020 g/mol. The van der Waals surface area contributed by atoms with Crippen molar-refractivity contribution in [3.05, 3.63) is 0 Å². The molecule has 0 unspecified atom stereocenters. The Morgan fingerprint density at radius 1 is 0.899 bits per heavy atom. The highest BCUT2D eigenvalue weighted by atomic mass is 32.2. The summed E-state index contributed by atoms with van der Waals surface area (Å²) in [7, 11) is 9.20. The van der Waals surface area contributed by atoms with Crippen LogP contribution >= 0.6 is 24.0 Å². The van der Waals surface area contributed by atoms with Gasteiger partial charge in [0.25, 0.3) is 0 Å². The van der Waals surface area contributed by atoms with Crippen molar-refractivity contribution in [1.82, 2.24) is 14.7 Å². The van der Waals surface area contributed by atoms with Crippen LogP contribution in [0.3, 0.4) is 0 Å². The summed E-state index contributed by atoms with van der Waals surface area (Å²) >= 11 is 6.76. The summed E-state index contributed by atoms with van der Waals surface area (Å²) in [4.78, 5) is 59.9. The fourth-order valence-corrected chi connectivity index (χ4v) is 10.8. The molecule has 0 bridgehead atoms. The van der Waals surface area contributed by atoms with Crippen LogP contribution in [-0.2, 0) is 57.1 Å². The van der Waals surface area contributed by atoms with E-state index in [0.29, 0.717) is 6.42 Å². The number of esters is 3. The lowest BCUT2D eigenvalue weighted by molar-refractivity contribution is -0.319. The van der Waals surface area contributed by atoms with Crippen molar-refractivity contribution < 1.29 is 77.5 Å². The second kappa shape index (κ2) is 26.2. The molecule has 0 aliphatic carbocycles. The summed E-state index contributed by atoms with van der Waals surface area (Å²) in [6.45, 7) is 18.9. The summed E-state index contributed by atoms with van der Waals surface area (Å²) in [5.41, 5.74) is -5.06. The molecule has 4 heterocycles. The number of thiocarbonyl (C=S) groups is 1. The molecule has 19 nitrogen and oxygen atoms in total. The van der Waals surface area contributed by atoms with Crippen molar-refractivity contribution in [3.63, 3.8) is 0 Å². The molecule has 0 aromatic heterocycles. The molecule has 0 radical (unpaired) electrons. The molecule has 0 aromatic rings. The SMILES string of the molecule is CCOC(=O)CCC(=O)O[C@H]1[C@H](O[C@@H]2[C@@H](C)[C@H](O[C@H]3C[C@@](C)(OC)[C@@H](O)[C@H](C)O3)[C@@H](C)C(=O)O[C@H](CC)[C@@](C)(O)[C@H](O)[C@@H](C)C(=O)[C@H](C)C[C@@]2(C)O)O[C@H](C)C[C@@H]1N(C)C.CN1CSC(=S)N(C)C1. The fraction of sp³-hybridized carbons (Fsp3) is 0.896. The Morgan fingerprint density at radius 2 is 1.52 bits per heavy atom. The number of likely N-dealkylation sites (N-methyl/N-ethyl adjacent to an activating group) is 1. The number of hydrogen-bond acceptors (Lipinski definition) is 20. The van der Waals surface area contributed by atoms with Gasteiger partial charge in [-0.1, -0.05) is 51.7 Å². The molecule has 4 aliphatic rings. The summed E-state index contributed by atoms with van der Waals surface area (Å²) in [5.74, 6) is -5.61. The third kappa shape index (κ3) is 15.9. The number of rotatable bonds is 12. The number of ketones is 1. The number of ether oxygens (including phenoxy) is 8. The second-order valence-electron chi connectivity index (χ2n) is 20.5. The molecule has 4 aliphatic heterocycles. The predicted molar refractivity (Wildman–Crippen MR) is 261 cm³/mol. The lowest BCUT2D eigenvalue weighted by atomic mass is 9.74. The van der Waals surface area contributed by atoms with Crippen LogP contribution in [0.2, 0.25) is 0 Å². The van der Waals surface area contributed by atoms with E-state index in [-0.39, 0.29) is 38.7 Å². The molecular formula is C48H85N3O16S2. The molecule has 21 heteroatoms. The molecule has 69 heavy (non-hydrogen) atoms. The quantitative estimate of drug-likeness (QED) is 0.125. The highest BCUT2D eigenvalue weighted by Crippen LogP contribution is 2.41. The molecule has 4 rings (SSSR count). The van der Waals surface area contributed by atoms with Gasteiger partial charge in [-0.05, 0) is 88.9 Å². The van der Waals surface area contributed by atoms with E-state index in [1.54, 1.807) is 60.2 Å². The summed E-state index contributed by atoms with van der Waals surface area (Å²) < 4.78 is 49.8. The Hall–Kier alpha value is -2.12. The average Bonchev–Trinajstić information content (AvgIpc) is 3.27. The zero-order valence-electron chi connectivity index (χ0n) is 43.9. The van der Waals surface area contributed by atoms with Crippen molar-refractivity contribution in [2.45, 2.75) is 199 Å². The predicted octanol–water partition coefficient (Wildman–Crippen LogP) is 3.48. The number of carbonyl (C=O) groups is 4. The molecule has 0 spiro atoms. The zero-order valence-corrected chi connectivity index (χ0v) is 45.5. The van der Waals surface area contributed by atoms with E-state index in [1.807, 2.05) is 33.0 Å². The third-order valence-corrected chi connectivity index (χ3v) is 15.9. The van der Waals surface area contributed by atoms with Gasteiger partial charge in [-0.3, -0.25) is 24.1 Å². The number of carbonyl (C=O) groups excluding carboxylic acids is 4. The summed E-state index contributed by atoms with van der Waals surface area (Å²) in [6.07, 6.45) is -11.1. The second-order valence-corrected chi connectivity index (χ2v) is 22.1. The first kappa shape index (κ1) is 61.2. The normalized spacial score (nSPS) is 41.1. The lowest BCUT2D eigenvalue weighted by Gasteiger charge is -2.49. The van der Waals surface area contributed by atoms with Gasteiger partial charge in [0.2, 0.25) is 0 Å². The Labute approximate surface area is 419 Å². The van der Waals surface area contributed by atoms with Crippen LogP contribution in [0.1, 0.15) is 115 Å². The Kier molecular flexibility index (Phi) is 23.2. The van der Waals surface area contributed by atoms with Crippen LogP contribution in [-0.4, -0.2) is 202 Å². The van der Waals surface area contributed by atoms with Gasteiger partial charge in [0.1, 0.15) is 27.9 Å². The molecule has 400 valence electrons. The zero-order chi connectivity index (χ0) is 52.5. The van der Waals surface area contributed by atoms with Gasteiger partial charge in [0.15, 0.2) is 18.7 Å². The van der Waals surface area contributed by atoms with Crippen LogP contribution in [0.4, 0.5) is 0 Å². The van der Waals surface area contributed by atoms with Gasteiger partial charge >= 0.3 is 17.9 Å². The first-order valence-electron chi connectivity index (χ1n) is 24.3. The van der Waals surface area contributed by atoms with Gasteiger partial charge in [-0.15, -0.1) is 0 Å². The maximum absolute atomic E-state index is 14.3. The molecule has 4 fully saturated rings. The minimum atomic E-state index is -2.04. The topological polar surface area (TPSA) is 233 Å². The van der Waals surface area contributed by atoms with Crippen LogP contribution in [0.15, 0.2) is 0 Å². The van der Waals surface area contributed by atoms with Crippen molar-refractivity contribution in [1.29, 1.82) is 0 Å². The number of hydrogen-bond donors (Lipinski definition) is 4. The van der Waals surface area contributed by atoms with Gasteiger partial charge in [0, 0.05) is 38.3 Å². The van der Waals surface area contributed by atoms with Crippen molar-refractivity contribution >= 4 is 52.0 Å². The Morgan fingerprint density at radius 3 is 2.07 bits per heavy atom. The molecule has 18 atom stereocenters. The number of Topliss-reactive ketones (excluding diaryl/α,β-unsaturated/α-hetero) is 1. The van der Waals surface area contributed by atoms with E-state index in [4.69, 9.17) is 50.1 Å². The van der Waals surface area contributed by atoms with E-state index in [9.17, 15) is 39.6 Å². The van der Waals surface area contributed by atoms with Crippen LogP contribution < -0.4 is 0 Å². The maximum atomic E-state index is 14.3. The summed E-state index contributed by atoms with van der Waals surface area (Å²) in [6, 6.07) is -0.443. The van der Waals surface area contributed by atoms with Crippen LogP contribution in [0.25, 0.3) is 0 Å². The number of aliphatic hydroxyl groups excluding tert-OH is 2. The number of cyclic esters (lactones) is 1. The highest BCUT2D eigenvalue weighted by Gasteiger charge is 2.54. The molecule has 0 aromatic carbocycles. The van der Waals surface area contributed by atoms with Gasteiger partial charge < -0.3 is 68.1 Å². The van der Waals surface area contributed by atoms with E-state index in [0.717, 1.165) is 16.9 Å². The van der Waals surface area contributed by atoms with Crippen molar-refractivity contribution in [2.75, 3.05) is 54.5 Å². The Balaban J connectivity index is 0.00000125. The van der Waals surface area contributed by atoms with Gasteiger partial charge in [-0.25, -0.2) is 0 Å². The molecule has 4 saturated heterocycles.